The number of nitrogens with zero attached hydrogens (tertiary/aromatic N) is 3. The molecule has 0 unspecified atom stereocenters. The zero-order valence-electron chi connectivity index (χ0n) is 20.9. The molecule has 1 fully saturated rings. The number of anilines is 1. The molecule has 3 aromatic carbocycles. The van der Waals surface area contributed by atoms with Gasteiger partial charge < -0.3 is 4.90 Å². The third-order valence-corrected chi connectivity index (χ3v) is 8.31. The van der Waals surface area contributed by atoms with Gasteiger partial charge in [-0.15, -0.1) is 0 Å². The first-order chi connectivity index (χ1) is 18.0. The van der Waals surface area contributed by atoms with E-state index in [2.05, 4.69) is 56.4 Å². The van der Waals surface area contributed by atoms with E-state index in [1.807, 2.05) is 24.3 Å². The van der Waals surface area contributed by atoms with E-state index in [9.17, 15) is 8.42 Å². The number of para-hydroxylation sites is 1. The Morgan fingerprint density at radius 1 is 0.865 bits per heavy atom. The number of nitrogens with one attached hydrogen (secondary N) is 1. The molecule has 37 heavy (non-hydrogen) atoms. The van der Waals surface area contributed by atoms with Crippen molar-refractivity contribution in [1.82, 2.24) is 14.8 Å². The van der Waals surface area contributed by atoms with E-state index in [-0.39, 0.29) is 4.90 Å². The Morgan fingerprint density at radius 3 is 2.35 bits per heavy atom. The van der Waals surface area contributed by atoms with E-state index in [4.69, 9.17) is 0 Å². The number of sulfonamides is 1. The zero-order valence-corrected chi connectivity index (χ0v) is 21.7. The van der Waals surface area contributed by atoms with Crippen LogP contribution in [0.5, 0.6) is 0 Å². The van der Waals surface area contributed by atoms with Crippen LogP contribution in [-0.2, 0) is 16.4 Å². The van der Waals surface area contributed by atoms with Crippen LogP contribution in [0.1, 0.15) is 17.5 Å². The molecule has 0 spiro atoms. The molecule has 0 bridgehead atoms. The molecule has 2 heterocycles. The molecular weight excluding hydrogens is 480 g/mol. The first-order valence-corrected chi connectivity index (χ1v) is 14.1. The van der Waals surface area contributed by atoms with Crippen LogP contribution in [0.4, 0.5) is 5.69 Å². The molecule has 1 N–H and O–H groups in total. The van der Waals surface area contributed by atoms with Crippen LogP contribution in [-0.4, -0.2) is 55.9 Å². The summed E-state index contributed by atoms with van der Waals surface area (Å²) in [4.78, 5) is 9.28. The number of hydrogen-bond donors (Lipinski definition) is 1. The summed E-state index contributed by atoms with van der Waals surface area (Å²) < 4.78 is 28.9. The van der Waals surface area contributed by atoms with Gasteiger partial charge in [-0.25, -0.2) is 8.42 Å². The second-order valence-electron chi connectivity index (χ2n) is 9.38. The number of piperazine rings is 1. The third kappa shape index (κ3) is 6.01. The maximum absolute atomic E-state index is 13.1. The van der Waals surface area contributed by atoms with Gasteiger partial charge in [-0.1, -0.05) is 67.2 Å². The Balaban J connectivity index is 1.15. The normalized spacial score (nSPS) is 14.5. The van der Waals surface area contributed by atoms with Crippen molar-refractivity contribution in [2.75, 3.05) is 37.4 Å². The van der Waals surface area contributed by atoms with Crippen molar-refractivity contribution < 1.29 is 8.42 Å². The van der Waals surface area contributed by atoms with Gasteiger partial charge in [0.2, 0.25) is 0 Å². The average Bonchev–Trinajstić information content (AvgIpc) is 2.93. The summed E-state index contributed by atoms with van der Waals surface area (Å²) in [5.41, 5.74) is 4.33. The minimum atomic E-state index is -3.78. The predicted molar refractivity (Wildman–Crippen MR) is 151 cm³/mol. The lowest BCUT2D eigenvalue weighted by molar-refractivity contribution is 0.174. The van der Waals surface area contributed by atoms with E-state index >= 15 is 0 Å². The fourth-order valence-electron chi connectivity index (χ4n) is 4.81. The summed E-state index contributed by atoms with van der Waals surface area (Å²) in [6.07, 6.45) is 3.88. The van der Waals surface area contributed by atoms with Crippen LogP contribution in [0.3, 0.4) is 0 Å². The Labute approximate surface area is 219 Å². The number of aryl methyl sites for hydroxylation is 1. The summed E-state index contributed by atoms with van der Waals surface area (Å²) in [7, 11) is -3.78. The van der Waals surface area contributed by atoms with Gasteiger partial charge in [0.1, 0.15) is 4.90 Å². The maximum Gasteiger partial charge on any atom is 0.264 e. The van der Waals surface area contributed by atoms with Gasteiger partial charge in [0.15, 0.2) is 0 Å². The van der Waals surface area contributed by atoms with E-state index < -0.39 is 10.0 Å². The molecule has 7 heteroatoms. The Morgan fingerprint density at radius 2 is 1.59 bits per heavy atom. The Hall–Kier alpha value is -3.68. The average molecular weight is 513 g/mol. The van der Waals surface area contributed by atoms with Crippen molar-refractivity contribution in [2.45, 2.75) is 17.7 Å². The summed E-state index contributed by atoms with van der Waals surface area (Å²) in [5, 5.41) is 0.785. The number of hydrogen-bond acceptors (Lipinski definition) is 5. The molecule has 190 valence electrons. The minimum absolute atomic E-state index is 0.167. The first-order valence-electron chi connectivity index (χ1n) is 12.7. The van der Waals surface area contributed by atoms with Crippen molar-refractivity contribution in [3.05, 3.63) is 109 Å². The molecule has 0 atom stereocenters. The van der Waals surface area contributed by atoms with Crippen LogP contribution in [0.15, 0.2) is 103 Å². The Kier molecular flexibility index (Phi) is 7.53. The highest BCUT2D eigenvalue weighted by atomic mass is 32.2. The molecule has 1 aromatic heterocycles. The number of aromatic nitrogens is 1. The van der Waals surface area contributed by atoms with E-state index in [1.165, 1.54) is 5.56 Å². The molecule has 1 saturated heterocycles. The first kappa shape index (κ1) is 25.0. The quantitative estimate of drug-likeness (QED) is 0.332. The number of rotatable bonds is 9. The Bertz CT molecular complexity index is 1460. The van der Waals surface area contributed by atoms with Crippen LogP contribution in [0.25, 0.3) is 16.6 Å². The monoisotopic (exact) mass is 512 g/mol. The standard InChI is InChI=1S/C30H32N4O2S/c1-24(34-22-20-33(21-23-34)19-7-10-25-8-3-2-4-9-25)26-14-16-28(17-15-26)32-37(35,36)29-13-5-11-27-12-6-18-31-30(27)29/h2-6,8-9,11-18,32H,1,7,10,19-23H2. The second-order valence-corrected chi connectivity index (χ2v) is 11.0. The SMILES string of the molecule is C=C(c1ccc(NS(=O)(=O)c2cccc3cccnc23)cc1)N1CCN(CCCc2ccccc2)CC1. The molecule has 0 radical (unpaired) electrons. The fourth-order valence-corrected chi connectivity index (χ4v) is 6.05. The highest BCUT2D eigenvalue weighted by Gasteiger charge is 2.20. The molecule has 0 aliphatic carbocycles. The summed E-state index contributed by atoms with van der Waals surface area (Å²) in [6, 6.07) is 26.9. The lowest BCUT2D eigenvalue weighted by Crippen LogP contribution is -2.45. The molecule has 4 aromatic rings. The zero-order chi connectivity index (χ0) is 25.7. The highest BCUT2D eigenvalue weighted by molar-refractivity contribution is 7.93. The van der Waals surface area contributed by atoms with Gasteiger partial charge in [-0.3, -0.25) is 14.6 Å². The molecule has 5 rings (SSSR count). The number of pyridine rings is 1. The van der Waals surface area contributed by atoms with E-state index in [0.717, 1.165) is 62.2 Å². The summed E-state index contributed by atoms with van der Waals surface area (Å²) >= 11 is 0. The second kappa shape index (κ2) is 11.2. The molecule has 1 aliphatic heterocycles. The van der Waals surface area contributed by atoms with Crippen molar-refractivity contribution in [2.24, 2.45) is 0 Å². The largest absolute Gasteiger partial charge is 0.369 e. The van der Waals surface area contributed by atoms with Crippen LogP contribution >= 0.6 is 0 Å². The van der Waals surface area contributed by atoms with Gasteiger partial charge in [0.25, 0.3) is 10.0 Å². The van der Waals surface area contributed by atoms with Crippen molar-refractivity contribution in [3.8, 4) is 0 Å². The lowest BCUT2D eigenvalue weighted by atomic mass is 10.1. The minimum Gasteiger partial charge on any atom is -0.369 e. The smallest absolute Gasteiger partial charge is 0.264 e. The maximum atomic E-state index is 13.1. The van der Waals surface area contributed by atoms with Crippen LogP contribution in [0.2, 0.25) is 0 Å². The van der Waals surface area contributed by atoms with Gasteiger partial charge in [0, 0.05) is 49.1 Å². The predicted octanol–water partition coefficient (Wildman–Crippen LogP) is 5.26. The van der Waals surface area contributed by atoms with Gasteiger partial charge in [-0.05, 0) is 54.8 Å². The number of fused-ring (bicyclic) bond motifs is 1. The number of benzene rings is 3. The van der Waals surface area contributed by atoms with Crippen molar-refractivity contribution >= 4 is 32.3 Å². The lowest BCUT2D eigenvalue weighted by Gasteiger charge is -2.37. The van der Waals surface area contributed by atoms with Crippen molar-refractivity contribution in [1.29, 1.82) is 0 Å². The molecule has 1 aliphatic rings. The summed E-state index contributed by atoms with van der Waals surface area (Å²) in [5.74, 6) is 0. The van der Waals surface area contributed by atoms with Crippen LogP contribution in [0, 0.1) is 0 Å². The fraction of sp³-hybridized carbons (Fsp3) is 0.233. The van der Waals surface area contributed by atoms with Crippen LogP contribution < -0.4 is 4.72 Å². The molecule has 6 nitrogen and oxygen atoms in total. The van der Waals surface area contributed by atoms with Gasteiger partial charge in [-0.2, -0.15) is 0 Å². The highest BCUT2D eigenvalue weighted by Crippen LogP contribution is 2.25. The molecular formula is C30H32N4O2S. The van der Waals surface area contributed by atoms with E-state index in [1.54, 1.807) is 36.5 Å². The van der Waals surface area contributed by atoms with Crippen molar-refractivity contribution in [3.63, 3.8) is 0 Å². The summed E-state index contributed by atoms with van der Waals surface area (Å²) in [6.45, 7) is 9.34. The molecule has 0 saturated carbocycles. The third-order valence-electron chi connectivity index (χ3n) is 6.89. The van der Waals surface area contributed by atoms with E-state index in [0.29, 0.717) is 11.2 Å². The molecule has 0 amide bonds. The van der Waals surface area contributed by atoms with Gasteiger partial charge >= 0.3 is 0 Å². The topological polar surface area (TPSA) is 65.5 Å². The van der Waals surface area contributed by atoms with Gasteiger partial charge in [0.05, 0.1) is 5.52 Å².